The highest BCUT2D eigenvalue weighted by Gasteiger charge is 2.34. The first-order valence-electron chi connectivity index (χ1n) is 7.57. The predicted octanol–water partition coefficient (Wildman–Crippen LogP) is 3.06. The zero-order valence-corrected chi connectivity index (χ0v) is 12.8. The summed E-state index contributed by atoms with van der Waals surface area (Å²) < 4.78 is 5.43. The second-order valence-corrected chi connectivity index (χ2v) is 6.28. The van der Waals surface area contributed by atoms with Crippen molar-refractivity contribution in [1.82, 2.24) is 10.2 Å². The lowest BCUT2D eigenvalue weighted by molar-refractivity contribution is 0.0565. The highest BCUT2D eigenvalue weighted by molar-refractivity contribution is 4.99. The number of rotatable bonds is 5. The minimum Gasteiger partial charge on any atom is -0.469 e. The van der Waals surface area contributed by atoms with Gasteiger partial charge in [-0.15, -0.1) is 0 Å². The highest BCUT2D eigenvalue weighted by Crippen LogP contribution is 2.22. The predicted molar refractivity (Wildman–Crippen MR) is 79.4 cm³/mol. The van der Waals surface area contributed by atoms with Gasteiger partial charge in [-0.2, -0.15) is 0 Å². The lowest BCUT2D eigenvalue weighted by Crippen LogP contribution is -2.63. The van der Waals surface area contributed by atoms with Gasteiger partial charge in [0.1, 0.15) is 5.76 Å². The Kier molecular flexibility index (Phi) is 4.69. The van der Waals surface area contributed by atoms with Crippen molar-refractivity contribution in [2.45, 2.75) is 64.6 Å². The van der Waals surface area contributed by atoms with E-state index in [9.17, 15) is 0 Å². The Morgan fingerprint density at radius 3 is 3.00 bits per heavy atom. The second kappa shape index (κ2) is 6.10. The average Bonchev–Trinajstić information content (AvgIpc) is 2.92. The van der Waals surface area contributed by atoms with Gasteiger partial charge in [0.2, 0.25) is 0 Å². The van der Waals surface area contributed by atoms with E-state index in [1.165, 1.54) is 6.42 Å². The van der Waals surface area contributed by atoms with E-state index in [1.54, 1.807) is 6.26 Å². The van der Waals surface area contributed by atoms with Crippen LogP contribution in [0.2, 0.25) is 0 Å². The molecule has 0 aromatic carbocycles. The number of furan rings is 1. The molecule has 0 aliphatic carbocycles. The standard InChI is InChI=1S/C16H28N2O/c1-5-16(4)12-18(14(3)11-17-16)13(2)8-9-15-7-6-10-19-15/h6-7,10,13-14,17H,5,8-9,11-12H2,1-4H3. The van der Waals surface area contributed by atoms with E-state index in [0.717, 1.165) is 31.7 Å². The summed E-state index contributed by atoms with van der Waals surface area (Å²) in [6.07, 6.45) is 5.15. The second-order valence-electron chi connectivity index (χ2n) is 6.28. The molecule has 3 nitrogen and oxygen atoms in total. The zero-order valence-electron chi connectivity index (χ0n) is 12.8. The van der Waals surface area contributed by atoms with Crippen LogP contribution in [0.15, 0.2) is 22.8 Å². The number of piperazine rings is 1. The van der Waals surface area contributed by atoms with E-state index in [0.29, 0.717) is 12.1 Å². The molecule has 1 saturated heterocycles. The first-order valence-corrected chi connectivity index (χ1v) is 7.57. The SMILES string of the molecule is CCC1(C)CN(C(C)CCc2ccco2)C(C)CN1. The quantitative estimate of drug-likeness (QED) is 0.886. The monoisotopic (exact) mass is 264 g/mol. The first-order chi connectivity index (χ1) is 9.04. The molecule has 1 aliphatic rings. The first kappa shape index (κ1) is 14.6. The Bertz CT molecular complexity index is 376. The summed E-state index contributed by atoms with van der Waals surface area (Å²) >= 11 is 0. The Labute approximate surface area is 117 Å². The van der Waals surface area contributed by atoms with Gasteiger partial charge in [0.25, 0.3) is 0 Å². The summed E-state index contributed by atoms with van der Waals surface area (Å²) in [6, 6.07) is 5.27. The van der Waals surface area contributed by atoms with Crippen LogP contribution in [-0.2, 0) is 6.42 Å². The van der Waals surface area contributed by atoms with E-state index in [-0.39, 0.29) is 5.54 Å². The van der Waals surface area contributed by atoms with Gasteiger partial charge in [-0.3, -0.25) is 4.90 Å². The zero-order chi connectivity index (χ0) is 13.9. The number of hydrogen-bond donors (Lipinski definition) is 1. The summed E-state index contributed by atoms with van der Waals surface area (Å²) in [7, 11) is 0. The van der Waals surface area contributed by atoms with Crippen LogP contribution in [0.25, 0.3) is 0 Å². The van der Waals surface area contributed by atoms with Gasteiger partial charge in [0, 0.05) is 37.1 Å². The molecule has 2 heterocycles. The normalized spacial score (nSPS) is 30.4. The number of hydrogen-bond acceptors (Lipinski definition) is 3. The van der Waals surface area contributed by atoms with E-state index < -0.39 is 0 Å². The summed E-state index contributed by atoms with van der Waals surface area (Å²) in [4.78, 5) is 2.66. The van der Waals surface area contributed by atoms with Crippen molar-refractivity contribution in [1.29, 1.82) is 0 Å². The lowest BCUT2D eigenvalue weighted by atomic mass is 9.92. The van der Waals surface area contributed by atoms with Gasteiger partial charge >= 0.3 is 0 Å². The molecule has 1 N–H and O–H groups in total. The van der Waals surface area contributed by atoms with Gasteiger partial charge in [-0.05, 0) is 45.7 Å². The van der Waals surface area contributed by atoms with Gasteiger partial charge < -0.3 is 9.73 Å². The molecule has 0 saturated carbocycles. The molecule has 0 amide bonds. The van der Waals surface area contributed by atoms with Crippen LogP contribution < -0.4 is 5.32 Å². The van der Waals surface area contributed by atoms with E-state index in [2.05, 4.69) is 44.0 Å². The molecule has 1 aliphatic heterocycles. The largest absolute Gasteiger partial charge is 0.469 e. The minimum atomic E-state index is 0.269. The van der Waals surface area contributed by atoms with Crippen LogP contribution in [0.3, 0.4) is 0 Å². The molecule has 3 heteroatoms. The molecule has 0 radical (unpaired) electrons. The smallest absolute Gasteiger partial charge is 0.103 e. The van der Waals surface area contributed by atoms with Gasteiger partial charge in [-0.25, -0.2) is 0 Å². The topological polar surface area (TPSA) is 28.4 Å². The Morgan fingerprint density at radius 2 is 2.37 bits per heavy atom. The Balaban J connectivity index is 1.90. The van der Waals surface area contributed by atoms with E-state index >= 15 is 0 Å². The molecule has 1 aromatic rings. The molecule has 0 bridgehead atoms. The van der Waals surface area contributed by atoms with Crippen molar-refractivity contribution in [2.75, 3.05) is 13.1 Å². The average molecular weight is 264 g/mol. The van der Waals surface area contributed by atoms with Gasteiger partial charge in [0.05, 0.1) is 6.26 Å². The van der Waals surface area contributed by atoms with Crippen molar-refractivity contribution in [3.8, 4) is 0 Å². The molecule has 3 atom stereocenters. The lowest BCUT2D eigenvalue weighted by Gasteiger charge is -2.47. The van der Waals surface area contributed by atoms with E-state index in [4.69, 9.17) is 4.42 Å². The van der Waals surface area contributed by atoms with Crippen LogP contribution in [0.1, 0.15) is 46.3 Å². The summed E-state index contributed by atoms with van der Waals surface area (Å²) in [5.74, 6) is 1.10. The van der Waals surface area contributed by atoms with Crippen molar-refractivity contribution < 1.29 is 4.42 Å². The third kappa shape index (κ3) is 3.61. The molecule has 1 aromatic heterocycles. The van der Waals surface area contributed by atoms with E-state index in [1.807, 2.05) is 6.07 Å². The van der Waals surface area contributed by atoms with Crippen LogP contribution in [0.5, 0.6) is 0 Å². The van der Waals surface area contributed by atoms with Crippen molar-refractivity contribution in [3.63, 3.8) is 0 Å². The van der Waals surface area contributed by atoms with Crippen LogP contribution in [0.4, 0.5) is 0 Å². The number of aryl methyl sites for hydroxylation is 1. The Morgan fingerprint density at radius 1 is 1.58 bits per heavy atom. The molecule has 19 heavy (non-hydrogen) atoms. The molecular weight excluding hydrogens is 236 g/mol. The number of nitrogens with zero attached hydrogens (tertiary/aromatic N) is 1. The third-order valence-corrected chi connectivity index (χ3v) is 4.66. The maximum absolute atomic E-state index is 5.43. The van der Waals surface area contributed by atoms with Crippen LogP contribution >= 0.6 is 0 Å². The van der Waals surface area contributed by atoms with Gasteiger partial charge in [-0.1, -0.05) is 6.92 Å². The molecule has 2 rings (SSSR count). The van der Waals surface area contributed by atoms with Crippen molar-refractivity contribution >= 4 is 0 Å². The van der Waals surface area contributed by atoms with Gasteiger partial charge in [0.15, 0.2) is 0 Å². The molecule has 0 spiro atoms. The summed E-state index contributed by atoms with van der Waals surface area (Å²) in [5, 5.41) is 3.69. The molecule has 108 valence electrons. The number of nitrogens with one attached hydrogen (secondary N) is 1. The fraction of sp³-hybridized carbons (Fsp3) is 0.750. The summed E-state index contributed by atoms with van der Waals surface area (Å²) in [5.41, 5.74) is 0.269. The highest BCUT2D eigenvalue weighted by atomic mass is 16.3. The van der Waals surface area contributed by atoms with Crippen LogP contribution in [0, 0.1) is 0 Å². The molecule has 3 unspecified atom stereocenters. The third-order valence-electron chi connectivity index (χ3n) is 4.66. The van der Waals surface area contributed by atoms with Crippen LogP contribution in [-0.4, -0.2) is 35.6 Å². The maximum atomic E-state index is 5.43. The Hall–Kier alpha value is -0.800. The fourth-order valence-electron chi connectivity index (χ4n) is 2.92. The van der Waals surface area contributed by atoms with Crippen molar-refractivity contribution in [2.24, 2.45) is 0 Å². The maximum Gasteiger partial charge on any atom is 0.103 e. The fourth-order valence-corrected chi connectivity index (χ4v) is 2.92. The van der Waals surface area contributed by atoms with Crippen molar-refractivity contribution in [3.05, 3.63) is 24.2 Å². The minimum absolute atomic E-state index is 0.269. The molecular formula is C16H28N2O. The molecule has 1 fully saturated rings. The summed E-state index contributed by atoms with van der Waals surface area (Å²) in [6.45, 7) is 11.5.